The van der Waals surface area contributed by atoms with Crippen molar-refractivity contribution >= 4 is 35.8 Å². The molecule has 0 bridgehead atoms. The van der Waals surface area contributed by atoms with Gasteiger partial charge >= 0.3 is 0 Å². The molecule has 1 aromatic heterocycles. The summed E-state index contributed by atoms with van der Waals surface area (Å²) >= 11 is 0. The molecule has 2 radical (unpaired) electrons. The molecule has 0 amide bonds. The number of rotatable bonds is 4. The van der Waals surface area contributed by atoms with E-state index >= 15 is 0 Å². The lowest BCUT2D eigenvalue weighted by Gasteiger charge is -2.13. The van der Waals surface area contributed by atoms with Crippen LogP contribution < -0.4 is 20.8 Å². The lowest BCUT2D eigenvalue weighted by Crippen LogP contribution is -2.19. The van der Waals surface area contributed by atoms with Crippen LogP contribution in [0.2, 0.25) is 0 Å². The van der Waals surface area contributed by atoms with Gasteiger partial charge in [0.2, 0.25) is 5.95 Å². The van der Waals surface area contributed by atoms with Gasteiger partial charge in [0.15, 0.2) is 0 Å². The highest BCUT2D eigenvalue weighted by atomic mass is 16.5. The average Bonchev–Trinajstić information content (AvgIpc) is 3.08. The van der Waals surface area contributed by atoms with E-state index in [1.54, 1.807) is 6.20 Å². The van der Waals surface area contributed by atoms with Crippen LogP contribution in [-0.2, 0) is 0 Å². The maximum Gasteiger partial charge on any atom is 0.227 e. The van der Waals surface area contributed by atoms with Crippen LogP contribution in [0.1, 0.15) is 6.42 Å². The highest BCUT2D eigenvalue weighted by Crippen LogP contribution is 2.22. The molecule has 1 aliphatic heterocycles. The summed E-state index contributed by atoms with van der Waals surface area (Å²) in [6.45, 7) is 1.91. The molecule has 2 heterocycles. The molecule has 0 saturated carbocycles. The summed E-state index contributed by atoms with van der Waals surface area (Å²) in [6, 6.07) is 13.5. The topological polar surface area (TPSA) is 59.1 Å². The normalized spacial score (nSPS) is 17.1. The van der Waals surface area contributed by atoms with Crippen molar-refractivity contribution in [3.63, 3.8) is 0 Å². The molecule has 0 aliphatic carbocycles. The van der Waals surface area contributed by atoms with Crippen LogP contribution in [0, 0.1) is 0 Å². The molecule has 1 aliphatic rings. The molecule has 0 spiro atoms. The van der Waals surface area contributed by atoms with Gasteiger partial charge in [-0.2, -0.15) is 0 Å². The number of ether oxygens (including phenoxy) is 1. The molecule has 1 atom stereocenters. The predicted molar refractivity (Wildman–Crippen MR) is 96.6 cm³/mol. The second-order valence-electron chi connectivity index (χ2n) is 5.90. The zero-order chi connectivity index (χ0) is 16.4. The van der Waals surface area contributed by atoms with Gasteiger partial charge in [-0.25, -0.2) is 9.97 Å². The first-order valence-corrected chi connectivity index (χ1v) is 8.03. The molecule has 2 N–H and O–H groups in total. The van der Waals surface area contributed by atoms with Crippen molar-refractivity contribution in [1.29, 1.82) is 0 Å². The fourth-order valence-corrected chi connectivity index (χ4v) is 2.81. The molecule has 3 aromatic rings. The van der Waals surface area contributed by atoms with Gasteiger partial charge in [0.1, 0.15) is 19.7 Å². The van der Waals surface area contributed by atoms with Gasteiger partial charge in [0.25, 0.3) is 0 Å². The SMILES string of the molecule is [B]c1ccc2nc(Nc3cccc(O[C@@H]4CCNC4)c3)ncc2c1. The number of aromatic nitrogens is 2. The van der Waals surface area contributed by atoms with Crippen LogP contribution in [0.15, 0.2) is 48.7 Å². The first kappa shape index (κ1) is 15.0. The number of benzene rings is 2. The number of nitrogens with zero attached hydrogens (tertiary/aromatic N) is 2. The van der Waals surface area contributed by atoms with E-state index < -0.39 is 0 Å². The van der Waals surface area contributed by atoms with Crippen molar-refractivity contribution in [2.45, 2.75) is 12.5 Å². The monoisotopic (exact) mass is 316 g/mol. The van der Waals surface area contributed by atoms with E-state index in [2.05, 4.69) is 20.6 Å². The second kappa shape index (κ2) is 6.49. The summed E-state index contributed by atoms with van der Waals surface area (Å²) in [6.07, 6.45) is 3.04. The first-order chi connectivity index (χ1) is 11.8. The Morgan fingerprint density at radius 2 is 2.17 bits per heavy atom. The summed E-state index contributed by atoms with van der Waals surface area (Å²) in [5, 5.41) is 7.45. The minimum Gasteiger partial charge on any atom is -0.489 e. The fraction of sp³-hybridized carbons (Fsp3) is 0.222. The molecule has 24 heavy (non-hydrogen) atoms. The van der Waals surface area contributed by atoms with Gasteiger partial charge in [-0.05, 0) is 31.2 Å². The summed E-state index contributed by atoms with van der Waals surface area (Å²) in [5.41, 5.74) is 2.46. The standard InChI is InChI=1S/C18H17BN4O/c19-13-4-5-17-12(8-13)10-21-18(23-17)22-14-2-1-3-15(9-14)24-16-6-7-20-11-16/h1-5,8-10,16,20H,6-7,11H2,(H,21,22,23)/t16-/m1/s1. The van der Waals surface area contributed by atoms with Crippen LogP contribution in [0.5, 0.6) is 5.75 Å². The van der Waals surface area contributed by atoms with Gasteiger partial charge in [-0.1, -0.05) is 23.7 Å². The van der Waals surface area contributed by atoms with Crippen molar-refractivity contribution < 1.29 is 4.74 Å². The maximum atomic E-state index is 5.98. The molecule has 5 nitrogen and oxygen atoms in total. The first-order valence-electron chi connectivity index (χ1n) is 8.03. The van der Waals surface area contributed by atoms with Crippen LogP contribution in [0.4, 0.5) is 11.6 Å². The number of hydrogen-bond acceptors (Lipinski definition) is 5. The minimum atomic E-state index is 0.239. The Hall–Kier alpha value is -2.60. The van der Waals surface area contributed by atoms with E-state index in [9.17, 15) is 0 Å². The highest BCUT2D eigenvalue weighted by Gasteiger charge is 2.15. The largest absolute Gasteiger partial charge is 0.489 e. The molecule has 6 heteroatoms. The molecular weight excluding hydrogens is 299 g/mol. The van der Waals surface area contributed by atoms with Gasteiger partial charge in [0.05, 0.1) is 5.52 Å². The smallest absolute Gasteiger partial charge is 0.227 e. The lowest BCUT2D eigenvalue weighted by atomic mass is 9.95. The predicted octanol–water partition coefficient (Wildman–Crippen LogP) is 1.91. The van der Waals surface area contributed by atoms with Crippen molar-refractivity contribution in [1.82, 2.24) is 15.3 Å². The third kappa shape index (κ3) is 3.33. The summed E-state index contributed by atoms with van der Waals surface area (Å²) in [7, 11) is 5.78. The average molecular weight is 316 g/mol. The van der Waals surface area contributed by atoms with E-state index in [-0.39, 0.29) is 6.10 Å². The number of anilines is 2. The Morgan fingerprint density at radius 1 is 1.21 bits per heavy atom. The van der Waals surface area contributed by atoms with Crippen molar-refractivity contribution in [3.05, 3.63) is 48.7 Å². The van der Waals surface area contributed by atoms with E-state index in [0.717, 1.165) is 41.9 Å². The van der Waals surface area contributed by atoms with E-state index in [1.165, 1.54) is 0 Å². The molecule has 1 saturated heterocycles. The Balaban J connectivity index is 1.53. The fourth-order valence-electron chi connectivity index (χ4n) is 2.81. The third-order valence-electron chi connectivity index (χ3n) is 4.01. The van der Waals surface area contributed by atoms with E-state index in [0.29, 0.717) is 11.4 Å². The van der Waals surface area contributed by atoms with Gasteiger partial charge in [0, 0.05) is 29.9 Å². The third-order valence-corrected chi connectivity index (χ3v) is 4.01. The Bertz CT molecular complexity index is 865. The van der Waals surface area contributed by atoms with Crippen LogP contribution in [0.3, 0.4) is 0 Å². The summed E-state index contributed by atoms with van der Waals surface area (Å²) in [4.78, 5) is 8.86. The van der Waals surface area contributed by atoms with Gasteiger partial charge in [-0.3, -0.25) is 0 Å². The Morgan fingerprint density at radius 3 is 3.04 bits per heavy atom. The quantitative estimate of drug-likeness (QED) is 0.720. The highest BCUT2D eigenvalue weighted by molar-refractivity contribution is 6.33. The number of fused-ring (bicyclic) bond motifs is 1. The molecule has 2 aromatic carbocycles. The Kier molecular flexibility index (Phi) is 4.05. The second-order valence-corrected chi connectivity index (χ2v) is 5.90. The van der Waals surface area contributed by atoms with E-state index in [4.69, 9.17) is 12.6 Å². The van der Waals surface area contributed by atoms with Crippen molar-refractivity contribution in [2.75, 3.05) is 18.4 Å². The maximum absolute atomic E-state index is 5.98. The van der Waals surface area contributed by atoms with Gasteiger partial charge in [-0.15, -0.1) is 0 Å². The molecule has 0 unspecified atom stereocenters. The number of nitrogens with one attached hydrogen (secondary N) is 2. The molecule has 1 fully saturated rings. The van der Waals surface area contributed by atoms with Gasteiger partial charge < -0.3 is 15.4 Å². The molecule has 4 rings (SSSR count). The summed E-state index contributed by atoms with van der Waals surface area (Å²) in [5.74, 6) is 1.40. The van der Waals surface area contributed by atoms with Crippen molar-refractivity contribution in [2.24, 2.45) is 0 Å². The minimum absolute atomic E-state index is 0.239. The Labute approximate surface area is 141 Å². The van der Waals surface area contributed by atoms with Crippen LogP contribution in [-0.4, -0.2) is 37.0 Å². The number of hydrogen-bond donors (Lipinski definition) is 2. The van der Waals surface area contributed by atoms with Crippen molar-refractivity contribution in [3.8, 4) is 5.75 Å². The lowest BCUT2D eigenvalue weighted by molar-refractivity contribution is 0.223. The molecule has 118 valence electrons. The van der Waals surface area contributed by atoms with Crippen LogP contribution >= 0.6 is 0 Å². The molecular formula is C18H17BN4O. The van der Waals surface area contributed by atoms with Crippen LogP contribution in [0.25, 0.3) is 10.9 Å². The zero-order valence-corrected chi connectivity index (χ0v) is 13.2. The van der Waals surface area contributed by atoms with E-state index in [1.807, 2.05) is 42.5 Å². The summed E-state index contributed by atoms with van der Waals surface area (Å²) < 4.78 is 5.98. The zero-order valence-electron chi connectivity index (χ0n) is 13.2.